The molecule has 2 N–H and O–H groups in total. The van der Waals surface area contributed by atoms with Gasteiger partial charge in [-0.3, -0.25) is 9.80 Å². The highest BCUT2D eigenvalue weighted by atomic mass is 32.1. The first-order chi connectivity index (χ1) is 9.00. The fraction of sp³-hybridized carbons (Fsp3) is 0.733. The van der Waals surface area contributed by atoms with Crippen LogP contribution in [0.4, 0.5) is 0 Å². The Labute approximate surface area is 121 Å². The van der Waals surface area contributed by atoms with E-state index in [9.17, 15) is 0 Å². The van der Waals surface area contributed by atoms with Crippen molar-refractivity contribution >= 4 is 11.3 Å². The molecular weight excluding hydrogens is 254 g/mol. The minimum absolute atomic E-state index is 0.183. The lowest BCUT2D eigenvalue weighted by Crippen LogP contribution is -2.52. The van der Waals surface area contributed by atoms with Crippen LogP contribution in [0.25, 0.3) is 0 Å². The van der Waals surface area contributed by atoms with Crippen molar-refractivity contribution < 1.29 is 0 Å². The van der Waals surface area contributed by atoms with Gasteiger partial charge < -0.3 is 5.73 Å². The second kappa shape index (κ2) is 6.35. The largest absolute Gasteiger partial charge is 0.326 e. The maximum Gasteiger partial charge on any atom is 0.0594 e. The van der Waals surface area contributed by atoms with E-state index in [4.69, 9.17) is 5.73 Å². The molecule has 1 aromatic rings. The summed E-state index contributed by atoms with van der Waals surface area (Å²) in [5.74, 6) is 0. The van der Waals surface area contributed by atoms with Crippen molar-refractivity contribution in [2.24, 2.45) is 5.73 Å². The number of piperazine rings is 1. The molecule has 0 aliphatic carbocycles. The molecule has 0 spiro atoms. The molecule has 4 heteroatoms. The van der Waals surface area contributed by atoms with Crippen LogP contribution in [-0.2, 0) is 0 Å². The fourth-order valence-corrected chi connectivity index (χ4v) is 4.13. The Hall–Kier alpha value is -0.420. The summed E-state index contributed by atoms with van der Waals surface area (Å²) < 4.78 is 0. The quantitative estimate of drug-likeness (QED) is 0.920. The third kappa shape index (κ3) is 3.37. The summed E-state index contributed by atoms with van der Waals surface area (Å²) in [6.45, 7) is 13.5. The van der Waals surface area contributed by atoms with Crippen molar-refractivity contribution in [3.8, 4) is 0 Å². The van der Waals surface area contributed by atoms with Gasteiger partial charge in [0.15, 0.2) is 0 Å². The van der Waals surface area contributed by atoms with E-state index in [0.717, 1.165) is 26.2 Å². The molecule has 19 heavy (non-hydrogen) atoms. The smallest absolute Gasteiger partial charge is 0.0594 e. The predicted octanol–water partition coefficient (Wildman–Crippen LogP) is 2.47. The fourth-order valence-electron chi connectivity index (χ4n) is 2.96. The topological polar surface area (TPSA) is 32.5 Å². The Bertz CT molecular complexity index is 392. The molecule has 3 nitrogen and oxygen atoms in total. The number of hydrogen-bond acceptors (Lipinski definition) is 4. The Morgan fingerprint density at radius 3 is 2.11 bits per heavy atom. The van der Waals surface area contributed by atoms with Gasteiger partial charge in [0.1, 0.15) is 0 Å². The second-order valence-corrected chi connectivity index (χ2v) is 6.89. The van der Waals surface area contributed by atoms with E-state index in [1.165, 1.54) is 10.4 Å². The third-order valence-electron chi connectivity index (χ3n) is 4.14. The highest BCUT2D eigenvalue weighted by Crippen LogP contribution is 2.31. The number of aryl methyl sites for hydroxylation is 1. The normalized spacial score (nSPS) is 21.8. The summed E-state index contributed by atoms with van der Waals surface area (Å²) in [4.78, 5) is 6.58. The standard InChI is InChI=1S/C15H27N3S/c1-11(2)17-6-8-18(9-7-17)14(13(4)16)15-12(3)5-10-19-15/h5,10-11,13-14H,6-9,16H2,1-4H3. The first-order valence-electron chi connectivity index (χ1n) is 7.28. The van der Waals surface area contributed by atoms with Gasteiger partial charge >= 0.3 is 0 Å². The van der Waals surface area contributed by atoms with Gasteiger partial charge in [-0.05, 0) is 44.7 Å². The Morgan fingerprint density at radius 1 is 1.11 bits per heavy atom. The molecule has 0 saturated carbocycles. The number of rotatable bonds is 4. The third-order valence-corrected chi connectivity index (χ3v) is 5.23. The summed E-state index contributed by atoms with van der Waals surface area (Å²) in [6.07, 6.45) is 0. The molecule has 2 heterocycles. The van der Waals surface area contributed by atoms with Crippen molar-refractivity contribution in [1.82, 2.24) is 9.80 Å². The summed E-state index contributed by atoms with van der Waals surface area (Å²) in [5.41, 5.74) is 7.66. The van der Waals surface area contributed by atoms with Crippen LogP contribution in [0.3, 0.4) is 0 Å². The second-order valence-electron chi connectivity index (χ2n) is 5.94. The van der Waals surface area contributed by atoms with Crippen molar-refractivity contribution in [3.63, 3.8) is 0 Å². The molecule has 108 valence electrons. The van der Waals surface area contributed by atoms with Gasteiger partial charge in [0.05, 0.1) is 6.04 Å². The molecule has 1 saturated heterocycles. The lowest BCUT2D eigenvalue weighted by Gasteiger charge is -2.42. The van der Waals surface area contributed by atoms with Crippen LogP contribution in [0.15, 0.2) is 11.4 Å². The number of hydrogen-bond donors (Lipinski definition) is 1. The lowest BCUT2D eigenvalue weighted by molar-refractivity contribution is 0.0715. The molecule has 1 aromatic heterocycles. The Balaban J connectivity index is 2.08. The first kappa shape index (κ1) is 15.0. The van der Waals surface area contributed by atoms with E-state index in [1.807, 2.05) is 11.3 Å². The number of nitrogens with zero attached hydrogens (tertiary/aromatic N) is 2. The molecular formula is C15H27N3S. The van der Waals surface area contributed by atoms with E-state index in [0.29, 0.717) is 12.1 Å². The van der Waals surface area contributed by atoms with Crippen LogP contribution in [0.1, 0.15) is 37.3 Å². The van der Waals surface area contributed by atoms with Crippen molar-refractivity contribution in [2.75, 3.05) is 26.2 Å². The van der Waals surface area contributed by atoms with Gasteiger partial charge in [0, 0.05) is 43.1 Å². The van der Waals surface area contributed by atoms with E-state index in [-0.39, 0.29) is 6.04 Å². The summed E-state index contributed by atoms with van der Waals surface area (Å²) in [6, 6.07) is 3.43. The van der Waals surface area contributed by atoms with E-state index < -0.39 is 0 Å². The number of nitrogens with two attached hydrogens (primary N) is 1. The highest BCUT2D eigenvalue weighted by Gasteiger charge is 2.29. The summed E-state index contributed by atoms with van der Waals surface area (Å²) in [7, 11) is 0. The minimum atomic E-state index is 0.183. The SMILES string of the molecule is Cc1ccsc1C(C(C)N)N1CCN(C(C)C)CC1. The zero-order valence-electron chi connectivity index (χ0n) is 12.6. The zero-order valence-corrected chi connectivity index (χ0v) is 13.4. The maximum atomic E-state index is 6.27. The van der Waals surface area contributed by atoms with Crippen LogP contribution in [0.5, 0.6) is 0 Å². The molecule has 2 atom stereocenters. The molecule has 0 bridgehead atoms. The Morgan fingerprint density at radius 2 is 1.68 bits per heavy atom. The van der Waals surface area contributed by atoms with Gasteiger partial charge in [-0.15, -0.1) is 11.3 Å². The summed E-state index contributed by atoms with van der Waals surface area (Å²) in [5, 5.41) is 2.18. The average molecular weight is 281 g/mol. The molecule has 2 unspecified atom stereocenters. The van der Waals surface area contributed by atoms with Crippen LogP contribution in [0.2, 0.25) is 0 Å². The van der Waals surface area contributed by atoms with E-state index in [2.05, 4.69) is 48.9 Å². The maximum absolute atomic E-state index is 6.27. The molecule has 0 radical (unpaired) electrons. The van der Waals surface area contributed by atoms with Crippen LogP contribution in [0, 0.1) is 6.92 Å². The van der Waals surface area contributed by atoms with Crippen LogP contribution < -0.4 is 5.73 Å². The monoisotopic (exact) mass is 281 g/mol. The molecule has 0 amide bonds. The molecule has 1 aliphatic heterocycles. The molecule has 1 fully saturated rings. The molecule has 2 rings (SSSR count). The molecule has 0 aromatic carbocycles. The van der Waals surface area contributed by atoms with Gasteiger partial charge in [-0.25, -0.2) is 0 Å². The van der Waals surface area contributed by atoms with Gasteiger partial charge in [0.25, 0.3) is 0 Å². The summed E-state index contributed by atoms with van der Waals surface area (Å²) >= 11 is 1.85. The number of thiophene rings is 1. The first-order valence-corrected chi connectivity index (χ1v) is 8.16. The van der Waals surface area contributed by atoms with Gasteiger partial charge in [-0.2, -0.15) is 0 Å². The average Bonchev–Trinajstić information content (AvgIpc) is 2.76. The van der Waals surface area contributed by atoms with Crippen molar-refractivity contribution in [2.45, 2.75) is 45.8 Å². The van der Waals surface area contributed by atoms with Gasteiger partial charge in [-0.1, -0.05) is 0 Å². The van der Waals surface area contributed by atoms with Crippen molar-refractivity contribution in [3.05, 3.63) is 21.9 Å². The van der Waals surface area contributed by atoms with E-state index in [1.54, 1.807) is 0 Å². The van der Waals surface area contributed by atoms with Crippen molar-refractivity contribution in [1.29, 1.82) is 0 Å². The Kier molecular flexibility index (Phi) is 5.01. The minimum Gasteiger partial charge on any atom is -0.326 e. The predicted molar refractivity (Wildman–Crippen MR) is 83.7 cm³/mol. The van der Waals surface area contributed by atoms with Crippen LogP contribution >= 0.6 is 11.3 Å². The van der Waals surface area contributed by atoms with E-state index >= 15 is 0 Å². The lowest BCUT2D eigenvalue weighted by atomic mass is 10.0. The van der Waals surface area contributed by atoms with Gasteiger partial charge in [0.2, 0.25) is 0 Å². The molecule has 1 aliphatic rings. The highest BCUT2D eigenvalue weighted by molar-refractivity contribution is 7.10. The zero-order chi connectivity index (χ0) is 14.0. The van der Waals surface area contributed by atoms with Crippen LogP contribution in [-0.4, -0.2) is 48.1 Å².